The number of furan rings is 1. The Bertz CT molecular complexity index is 1320. The van der Waals surface area contributed by atoms with Gasteiger partial charge in [-0.25, -0.2) is 8.42 Å². The second-order valence-electron chi connectivity index (χ2n) is 7.93. The van der Waals surface area contributed by atoms with Gasteiger partial charge in [0.25, 0.3) is 5.91 Å². The fraction of sp³-hybridized carbons (Fsp3) is 0.292. The molecule has 3 aromatic rings. The summed E-state index contributed by atoms with van der Waals surface area (Å²) in [4.78, 5) is 26.4. The number of sulfonamides is 1. The van der Waals surface area contributed by atoms with E-state index >= 15 is 0 Å². The van der Waals surface area contributed by atoms with E-state index in [-0.39, 0.29) is 22.7 Å². The van der Waals surface area contributed by atoms with Gasteiger partial charge in [-0.1, -0.05) is 49.7 Å². The smallest absolute Gasteiger partial charge is 0.326 e. The van der Waals surface area contributed by atoms with Crippen LogP contribution in [0.3, 0.4) is 0 Å². The number of rotatable bonds is 11. The lowest BCUT2D eigenvalue weighted by atomic mass is 9.97. The monoisotopic (exact) mass is 500 g/mol. The Labute approximate surface area is 203 Å². The van der Waals surface area contributed by atoms with Gasteiger partial charge in [-0.3, -0.25) is 15.0 Å². The first-order valence-corrected chi connectivity index (χ1v) is 12.6. The summed E-state index contributed by atoms with van der Waals surface area (Å²) in [6.45, 7) is 1.85. The zero-order valence-electron chi connectivity index (χ0n) is 19.4. The van der Waals surface area contributed by atoms with E-state index in [2.05, 4.69) is 10.0 Å². The number of nitrogens with two attached hydrogens (primary N) is 1. The Hall–Kier alpha value is -3.70. The first-order chi connectivity index (χ1) is 16.7. The minimum Gasteiger partial charge on any atom is -0.471 e. The quantitative estimate of drug-likeness (QED) is 0.178. The van der Waals surface area contributed by atoms with Crippen molar-refractivity contribution in [3.05, 3.63) is 71.7 Å². The van der Waals surface area contributed by atoms with Crippen LogP contribution in [0.4, 0.5) is 0 Å². The summed E-state index contributed by atoms with van der Waals surface area (Å²) in [6.07, 6.45) is 3.85. The third-order valence-corrected chi connectivity index (χ3v) is 6.92. The number of hydrogen-bond donors (Lipinski definition) is 4. The number of unbranched alkanes of at least 4 members (excludes halogenated alkanes) is 1. The topological polar surface area (TPSA) is 165 Å². The van der Waals surface area contributed by atoms with Gasteiger partial charge in [-0.15, -0.1) is 0 Å². The van der Waals surface area contributed by atoms with Crippen molar-refractivity contribution in [1.82, 2.24) is 10.0 Å². The number of hydrogen-bond acceptors (Lipinski definition) is 7. The number of nitrogens with one attached hydrogen (secondary N) is 3. The van der Waals surface area contributed by atoms with Crippen LogP contribution in [-0.2, 0) is 19.6 Å². The predicted octanol–water partition coefficient (Wildman–Crippen LogP) is 2.45. The molecule has 1 aromatic heterocycles. The van der Waals surface area contributed by atoms with E-state index in [4.69, 9.17) is 20.3 Å². The summed E-state index contributed by atoms with van der Waals surface area (Å²) < 4.78 is 37.9. The number of amidine groups is 1. The summed E-state index contributed by atoms with van der Waals surface area (Å²) >= 11 is 0. The standard InChI is InChI=1S/C24H28N4O6S/c1-3-4-12-35(31,32)28-21(24(30)33-2)20(15-8-6-5-7-9-15)27-23(29)19-17(22(25)26)11-10-16-13-34-14-18(16)19/h5-11,13-14,20-21,28H,3-4,12H2,1-2H3,(H3,25,26)(H,27,29). The molecule has 11 heteroatoms. The van der Waals surface area contributed by atoms with Gasteiger partial charge in [0.2, 0.25) is 10.0 Å². The van der Waals surface area contributed by atoms with Crippen molar-refractivity contribution in [2.75, 3.05) is 12.9 Å². The first kappa shape index (κ1) is 25.9. The molecule has 0 aliphatic heterocycles. The van der Waals surface area contributed by atoms with Gasteiger partial charge < -0.3 is 20.2 Å². The molecule has 0 radical (unpaired) electrons. The largest absolute Gasteiger partial charge is 0.471 e. The molecule has 186 valence electrons. The number of carbonyl (C=O) groups excluding carboxylic acids is 2. The third-order valence-electron chi connectivity index (χ3n) is 5.48. The van der Waals surface area contributed by atoms with E-state index in [0.717, 1.165) is 7.11 Å². The molecule has 2 unspecified atom stereocenters. The van der Waals surface area contributed by atoms with Crippen molar-refractivity contribution in [3.63, 3.8) is 0 Å². The van der Waals surface area contributed by atoms with Crippen LogP contribution in [0.5, 0.6) is 0 Å². The van der Waals surface area contributed by atoms with Crippen LogP contribution in [0.25, 0.3) is 10.8 Å². The van der Waals surface area contributed by atoms with Gasteiger partial charge in [-0.05, 0) is 18.1 Å². The Morgan fingerprint density at radius 2 is 1.86 bits per heavy atom. The highest BCUT2D eigenvalue weighted by Gasteiger charge is 2.36. The maximum absolute atomic E-state index is 13.6. The fourth-order valence-corrected chi connectivity index (χ4v) is 5.11. The molecular weight excluding hydrogens is 472 g/mol. The molecule has 0 saturated carbocycles. The minimum atomic E-state index is -3.87. The molecule has 0 fully saturated rings. The van der Waals surface area contributed by atoms with E-state index in [0.29, 0.717) is 29.2 Å². The fourth-order valence-electron chi connectivity index (χ4n) is 3.71. The average molecular weight is 501 g/mol. The molecule has 2 aromatic carbocycles. The Morgan fingerprint density at radius 3 is 2.49 bits per heavy atom. The number of methoxy groups -OCH3 is 1. The van der Waals surface area contributed by atoms with E-state index < -0.39 is 34.0 Å². The van der Waals surface area contributed by atoms with Gasteiger partial charge in [0.1, 0.15) is 11.9 Å². The van der Waals surface area contributed by atoms with Crippen LogP contribution < -0.4 is 15.8 Å². The molecule has 0 aliphatic rings. The third kappa shape index (κ3) is 6.06. The number of benzene rings is 2. The molecule has 35 heavy (non-hydrogen) atoms. The molecule has 2 atom stereocenters. The van der Waals surface area contributed by atoms with Crippen LogP contribution >= 0.6 is 0 Å². The minimum absolute atomic E-state index is 0.0714. The number of amides is 1. The van der Waals surface area contributed by atoms with Crippen LogP contribution in [0, 0.1) is 5.41 Å². The summed E-state index contributed by atoms with van der Waals surface area (Å²) in [5.74, 6) is -2.06. The van der Waals surface area contributed by atoms with E-state index in [1.165, 1.54) is 18.6 Å². The van der Waals surface area contributed by atoms with Crippen molar-refractivity contribution >= 4 is 38.5 Å². The Balaban J connectivity index is 2.08. The average Bonchev–Trinajstić information content (AvgIpc) is 3.33. The number of ether oxygens (including phenoxy) is 1. The summed E-state index contributed by atoms with van der Waals surface area (Å²) in [7, 11) is -2.73. The lowest BCUT2D eigenvalue weighted by molar-refractivity contribution is -0.143. The van der Waals surface area contributed by atoms with Crippen molar-refractivity contribution in [3.8, 4) is 0 Å². The lowest BCUT2D eigenvalue weighted by Crippen LogP contribution is -2.51. The molecule has 0 saturated heterocycles. The zero-order chi connectivity index (χ0) is 25.6. The van der Waals surface area contributed by atoms with Crippen molar-refractivity contribution in [2.45, 2.75) is 31.8 Å². The number of esters is 1. The summed E-state index contributed by atoms with van der Waals surface area (Å²) in [5, 5.41) is 11.7. The van der Waals surface area contributed by atoms with Gasteiger partial charge >= 0.3 is 5.97 Å². The van der Waals surface area contributed by atoms with E-state index in [9.17, 15) is 18.0 Å². The summed E-state index contributed by atoms with van der Waals surface area (Å²) in [6, 6.07) is 9.08. The SMILES string of the molecule is CCCCS(=O)(=O)NC(C(=O)OC)C(NC(=O)c1c(C(=N)N)ccc2cocc12)c1ccccc1. The molecular formula is C24H28N4O6S. The second kappa shape index (κ2) is 11.2. The molecule has 10 nitrogen and oxygen atoms in total. The normalized spacial score (nSPS) is 13.2. The van der Waals surface area contributed by atoms with E-state index in [1.54, 1.807) is 36.4 Å². The highest BCUT2D eigenvalue weighted by Crippen LogP contribution is 2.26. The molecule has 0 spiro atoms. The van der Waals surface area contributed by atoms with Crippen LogP contribution in [-0.4, -0.2) is 45.0 Å². The summed E-state index contributed by atoms with van der Waals surface area (Å²) in [5.41, 5.74) is 6.43. The molecule has 5 N–H and O–H groups in total. The maximum atomic E-state index is 13.6. The molecule has 1 amide bonds. The van der Waals surface area contributed by atoms with Gasteiger partial charge in [0, 0.05) is 16.3 Å². The first-order valence-electron chi connectivity index (χ1n) is 11.0. The maximum Gasteiger partial charge on any atom is 0.326 e. The molecule has 3 rings (SSSR count). The second-order valence-corrected chi connectivity index (χ2v) is 9.80. The van der Waals surface area contributed by atoms with Crippen molar-refractivity contribution in [1.29, 1.82) is 5.41 Å². The van der Waals surface area contributed by atoms with Crippen LogP contribution in [0.15, 0.2) is 59.4 Å². The van der Waals surface area contributed by atoms with Crippen molar-refractivity contribution < 1.29 is 27.2 Å². The predicted molar refractivity (Wildman–Crippen MR) is 132 cm³/mol. The highest BCUT2D eigenvalue weighted by atomic mass is 32.2. The van der Waals surface area contributed by atoms with Gasteiger partial charge in [0.05, 0.1) is 37.0 Å². The Kier molecular flexibility index (Phi) is 8.26. The van der Waals surface area contributed by atoms with Crippen molar-refractivity contribution in [2.24, 2.45) is 5.73 Å². The number of fused-ring (bicyclic) bond motifs is 1. The highest BCUT2D eigenvalue weighted by molar-refractivity contribution is 7.89. The molecule has 1 heterocycles. The Morgan fingerprint density at radius 1 is 1.14 bits per heavy atom. The molecule has 0 bridgehead atoms. The van der Waals surface area contributed by atoms with Crippen LogP contribution in [0.1, 0.15) is 47.3 Å². The zero-order valence-corrected chi connectivity index (χ0v) is 20.2. The van der Waals surface area contributed by atoms with Crippen LogP contribution in [0.2, 0.25) is 0 Å². The van der Waals surface area contributed by atoms with Gasteiger partial charge in [0.15, 0.2) is 0 Å². The lowest BCUT2D eigenvalue weighted by Gasteiger charge is -2.28. The number of carbonyl (C=O) groups is 2. The number of nitrogen functional groups attached to an aromatic ring is 1. The molecule has 0 aliphatic carbocycles. The van der Waals surface area contributed by atoms with E-state index in [1.807, 2.05) is 6.92 Å². The van der Waals surface area contributed by atoms with Gasteiger partial charge in [-0.2, -0.15) is 4.72 Å².